The molecule has 0 radical (unpaired) electrons. The summed E-state index contributed by atoms with van der Waals surface area (Å²) in [4.78, 5) is 0. The zero-order chi connectivity index (χ0) is 23.4. The molecule has 2 aliphatic rings. The van der Waals surface area contributed by atoms with Gasteiger partial charge in [-0.3, -0.25) is 0 Å². The number of unbranched alkanes of at least 4 members (excludes halogenated alkanes) is 2. The molecular weight excluding hydrogens is 424 g/mol. The summed E-state index contributed by atoms with van der Waals surface area (Å²) in [6.07, 6.45) is 16.0. The van der Waals surface area contributed by atoms with E-state index in [1.807, 2.05) is 6.08 Å². The molecule has 0 spiro atoms. The molecule has 0 N–H and O–H groups in total. The molecule has 2 aromatic rings. The Kier molecular flexibility index (Phi) is 7.93. The first-order valence-corrected chi connectivity index (χ1v) is 12.6. The van der Waals surface area contributed by atoms with Crippen LogP contribution in [0.3, 0.4) is 0 Å². The van der Waals surface area contributed by atoms with Crippen LogP contribution >= 0.6 is 0 Å². The van der Waals surface area contributed by atoms with Gasteiger partial charge >= 0.3 is 0 Å². The maximum absolute atomic E-state index is 15.2. The van der Waals surface area contributed by atoms with Crippen molar-refractivity contribution in [1.82, 2.24) is 0 Å². The molecule has 1 saturated carbocycles. The van der Waals surface area contributed by atoms with Crippen molar-refractivity contribution < 1.29 is 17.6 Å². The summed E-state index contributed by atoms with van der Waals surface area (Å²) in [7, 11) is 0. The second-order valence-corrected chi connectivity index (χ2v) is 9.97. The monoisotopic (exact) mass is 458 g/mol. The van der Waals surface area contributed by atoms with Gasteiger partial charge in [0.15, 0.2) is 11.6 Å². The van der Waals surface area contributed by atoms with Crippen LogP contribution in [0, 0.1) is 35.1 Å². The minimum atomic E-state index is -1.11. The molecule has 4 heteroatoms. The number of hydrogen-bond donors (Lipinski definition) is 0. The maximum Gasteiger partial charge on any atom is 0.159 e. The highest BCUT2D eigenvalue weighted by Gasteiger charge is 2.24. The molecule has 4 rings (SSSR count). The fourth-order valence-corrected chi connectivity index (χ4v) is 5.63. The molecule has 0 amide bonds. The van der Waals surface area contributed by atoms with Crippen LogP contribution in [0.15, 0.2) is 29.8 Å². The Balaban J connectivity index is 1.39. The van der Waals surface area contributed by atoms with Gasteiger partial charge in [0.2, 0.25) is 0 Å². The Labute approximate surface area is 195 Å². The summed E-state index contributed by atoms with van der Waals surface area (Å²) in [6, 6.07) is 4.32. The number of hydrogen-bond acceptors (Lipinski definition) is 0. The Morgan fingerprint density at radius 2 is 1.52 bits per heavy atom. The van der Waals surface area contributed by atoms with Crippen LogP contribution in [0.5, 0.6) is 0 Å². The van der Waals surface area contributed by atoms with E-state index in [4.69, 9.17) is 0 Å². The lowest BCUT2D eigenvalue weighted by atomic mass is 9.77. The van der Waals surface area contributed by atoms with Gasteiger partial charge in [0.25, 0.3) is 0 Å². The lowest BCUT2D eigenvalue weighted by Crippen LogP contribution is -2.15. The third-order valence-electron chi connectivity index (χ3n) is 7.67. The van der Waals surface area contributed by atoms with E-state index in [1.54, 1.807) is 0 Å². The fraction of sp³-hybridized carbons (Fsp3) is 0.517. The van der Waals surface area contributed by atoms with E-state index in [0.29, 0.717) is 17.5 Å². The van der Waals surface area contributed by atoms with Crippen molar-refractivity contribution in [2.45, 2.75) is 84.0 Å². The SMILES string of the molecule is CCCCCC1CCC(CCC2=Cc3cc(F)c(-c4ccc(F)c(F)c4)c(F)c3CC2)CC1. The van der Waals surface area contributed by atoms with Gasteiger partial charge in [-0.15, -0.1) is 0 Å². The van der Waals surface area contributed by atoms with E-state index in [-0.39, 0.29) is 11.1 Å². The number of rotatable bonds is 8. The van der Waals surface area contributed by atoms with Crippen LogP contribution in [-0.4, -0.2) is 0 Å². The molecular formula is C29H34F4. The minimum Gasteiger partial charge on any atom is -0.206 e. The van der Waals surface area contributed by atoms with Gasteiger partial charge in [0, 0.05) is 0 Å². The summed E-state index contributed by atoms with van der Waals surface area (Å²) in [6.45, 7) is 2.25. The van der Waals surface area contributed by atoms with Crippen LogP contribution in [0.4, 0.5) is 17.6 Å². The summed E-state index contributed by atoms with van der Waals surface area (Å²) < 4.78 is 56.9. The lowest BCUT2D eigenvalue weighted by molar-refractivity contribution is 0.249. The third-order valence-corrected chi connectivity index (χ3v) is 7.67. The van der Waals surface area contributed by atoms with Crippen molar-refractivity contribution in [3.63, 3.8) is 0 Å². The Morgan fingerprint density at radius 1 is 0.788 bits per heavy atom. The second-order valence-electron chi connectivity index (χ2n) is 9.97. The van der Waals surface area contributed by atoms with Crippen LogP contribution in [0.25, 0.3) is 17.2 Å². The average molecular weight is 459 g/mol. The minimum absolute atomic E-state index is 0.0202. The Bertz CT molecular complexity index is 999. The first-order valence-electron chi connectivity index (χ1n) is 12.6. The number of halogens is 4. The zero-order valence-corrected chi connectivity index (χ0v) is 19.5. The van der Waals surface area contributed by atoms with Crippen molar-refractivity contribution in [3.8, 4) is 11.1 Å². The molecule has 2 aliphatic carbocycles. The van der Waals surface area contributed by atoms with E-state index in [9.17, 15) is 13.2 Å². The highest BCUT2D eigenvalue weighted by atomic mass is 19.2. The van der Waals surface area contributed by atoms with Gasteiger partial charge in [0.1, 0.15) is 11.6 Å². The molecule has 0 aromatic heterocycles. The van der Waals surface area contributed by atoms with Crippen LogP contribution in [0.1, 0.15) is 88.7 Å². The zero-order valence-electron chi connectivity index (χ0n) is 19.5. The Hall–Kier alpha value is -2.10. The van der Waals surface area contributed by atoms with Crippen LogP contribution in [0.2, 0.25) is 0 Å². The number of fused-ring (bicyclic) bond motifs is 1. The van der Waals surface area contributed by atoms with Gasteiger partial charge in [-0.1, -0.05) is 76.0 Å². The van der Waals surface area contributed by atoms with Gasteiger partial charge in [0.05, 0.1) is 5.56 Å². The summed E-state index contributed by atoms with van der Waals surface area (Å²) in [5, 5.41) is 0. The standard InChI is InChI=1S/C29H34F4/c1-2-3-4-5-19-6-8-20(9-7-19)10-11-21-12-14-24-23(16-21)18-27(32)28(29(24)33)22-13-15-25(30)26(31)17-22/h13,15-20H,2-12,14H2,1H3. The summed E-state index contributed by atoms with van der Waals surface area (Å²) in [5.74, 6) is -1.87. The quantitative estimate of drug-likeness (QED) is 0.273. The van der Waals surface area contributed by atoms with Crippen molar-refractivity contribution in [3.05, 3.63) is 64.2 Å². The molecule has 2 aromatic carbocycles. The average Bonchev–Trinajstić information content (AvgIpc) is 2.81. The normalized spacial score (nSPS) is 20.5. The first kappa shape index (κ1) is 24.0. The van der Waals surface area contributed by atoms with E-state index in [0.717, 1.165) is 43.2 Å². The maximum atomic E-state index is 15.2. The van der Waals surface area contributed by atoms with E-state index >= 15 is 4.39 Å². The van der Waals surface area contributed by atoms with E-state index in [2.05, 4.69) is 6.92 Å². The first-order chi connectivity index (χ1) is 16.0. The lowest BCUT2D eigenvalue weighted by Gasteiger charge is -2.29. The van der Waals surface area contributed by atoms with Crippen molar-refractivity contribution >= 4 is 6.08 Å². The summed E-state index contributed by atoms with van der Waals surface area (Å²) >= 11 is 0. The molecule has 0 aliphatic heterocycles. The highest BCUT2D eigenvalue weighted by molar-refractivity contribution is 5.71. The van der Waals surface area contributed by atoms with E-state index < -0.39 is 23.3 Å². The van der Waals surface area contributed by atoms with Gasteiger partial charge in [-0.2, -0.15) is 0 Å². The number of benzene rings is 2. The van der Waals surface area contributed by atoms with Crippen molar-refractivity contribution in [2.75, 3.05) is 0 Å². The van der Waals surface area contributed by atoms with Crippen molar-refractivity contribution in [2.24, 2.45) is 11.8 Å². The Morgan fingerprint density at radius 3 is 2.21 bits per heavy atom. The molecule has 1 fully saturated rings. The predicted molar refractivity (Wildman–Crippen MR) is 127 cm³/mol. The van der Waals surface area contributed by atoms with Crippen LogP contribution in [-0.2, 0) is 6.42 Å². The largest absolute Gasteiger partial charge is 0.206 e. The smallest absolute Gasteiger partial charge is 0.159 e. The van der Waals surface area contributed by atoms with Crippen LogP contribution < -0.4 is 0 Å². The third kappa shape index (κ3) is 5.70. The molecule has 0 bridgehead atoms. The van der Waals surface area contributed by atoms with Gasteiger partial charge in [-0.25, -0.2) is 17.6 Å². The molecule has 0 heterocycles. The highest BCUT2D eigenvalue weighted by Crippen LogP contribution is 2.38. The van der Waals surface area contributed by atoms with Crippen molar-refractivity contribution in [1.29, 1.82) is 0 Å². The molecule has 0 saturated heterocycles. The fourth-order valence-electron chi connectivity index (χ4n) is 5.63. The molecule has 33 heavy (non-hydrogen) atoms. The molecule has 0 atom stereocenters. The van der Waals surface area contributed by atoms with Gasteiger partial charge in [-0.05, 0) is 72.4 Å². The predicted octanol–water partition coefficient (Wildman–Crippen LogP) is 9.41. The van der Waals surface area contributed by atoms with E-state index in [1.165, 1.54) is 69.1 Å². The summed E-state index contributed by atoms with van der Waals surface area (Å²) in [5.41, 5.74) is 2.05. The van der Waals surface area contributed by atoms with Gasteiger partial charge < -0.3 is 0 Å². The molecule has 0 unspecified atom stereocenters. The second kappa shape index (κ2) is 10.9. The molecule has 0 nitrogen and oxygen atoms in total. The topological polar surface area (TPSA) is 0 Å². The molecule has 178 valence electrons. The number of allylic oxidation sites excluding steroid dienone is 1.